The topological polar surface area (TPSA) is 109 Å². The molecule has 2 aromatic rings. The van der Waals surface area contributed by atoms with Gasteiger partial charge in [0.1, 0.15) is 5.92 Å². The Morgan fingerprint density at radius 2 is 1.68 bits per heavy atom. The van der Waals surface area contributed by atoms with E-state index in [0.717, 1.165) is 4.88 Å². The summed E-state index contributed by atoms with van der Waals surface area (Å²) in [6.07, 6.45) is 0.383. The van der Waals surface area contributed by atoms with E-state index in [1.807, 2.05) is 17.5 Å². The average Bonchev–Trinajstić information content (AvgIpc) is 3.45. The Bertz CT molecular complexity index is 1270. The average molecular weight is 528 g/mol. The molecule has 1 aromatic carbocycles. The van der Waals surface area contributed by atoms with Gasteiger partial charge in [-0.15, -0.1) is 11.3 Å². The number of ether oxygens (including phenoxy) is 5. The zero-order valence-electron chi connectivity index (χ0n) is 21.5. The number of ketones is 1. The third kappa shape index (κ3) is 4.46. The van der Waals surface area contributed by atoms with Crippen LogP contribution in [-0.4, -0.2) is 53.3 Å². The van der Waals surface area contributed by atoms with Gasteiger partial charge in [0.2, 0.25) is 5.75 Å². The number of hydrogen-bond donors (Lipinski definition) is 1. The smallest absolute Gasteiger partial charge is 0.336 e. The first-order valence-corrected chi connectivity index (χ1v) is 12.4. The molecule has 37 heavy (non-hydrogen) atoms. The molecule has 1 N–H and O–H groups in total. The molecule has 9 nitrogen and oxygen atoms in total. The second kappa shape index (κ2) is 10.7. The van der Waals surface area contributed by atoms with Crippen molar-refractivity contribution >= 4 is 29.1 Å². The molecule has 4 rings (SSSR count). The van der Waals surface area contributed by atoms with Crippen molar-refractivity contribution in [1.29, 1.82) is 0 Å². The van der Waals surface area contributed by atoms with Crippen LogP contribution in [0.25, 0.3) is 0 Å². The summed E-state index contributed by atoms with van der Waals surface area (Å²) in [5, 5.41) is 5.17. The molecule has 10 heteroatoms. The van der Waals surface area contributed by atoms with Gasteiger partial charge in [-0.05, 0) is 42.5 Å². The highest BCUT2D eigenvalue weighted by Crippen LogP contribution is 2.51. The minimum atomic E-state index is -1.06. The molecule has 0 fully saturated rings. The number of carbonyl (C=O) groups excluding carboxylic acids is 3. The van der Waals surface area contributed by atoms with Gasteiger partial charge in [-0.2, -0.15) is 0 Å². The summed E-state index contributed by atoms with van der Waals surface area (Å²) >= 11 is 1.48. The lowest BCUT2D eigenvalue weighted by molar-refractivity contribution is -0.149. The van der Waals surface area contributed by atoms with Gasteiger partial charge in [-0.3, -0.25) is 9.59 Å². The zero-order valence-corrected chi connectivity index (χ0v) is 22.3. The summed E-state index contributed by atoms with van der Waals surface area (Å²) in [5.74, 6) is -2.84. The lowest BCUT2D eigenvalue weighted by Crippen LogP contribution is -2.43. The first kappa shape index (κ1) is 26.3. The van der Waals surface area contributed by atoms with Crippen LogP contribution in [0.4, 0.5) is 0 Å². The van der Waals surface area contributed by atoms with Gasteiger partial charge in [0.25, 0.3) is 0 Å². The number of allylic oxidation sites excluding steroid dienone is 3. The molecular formula is C27H29NO8S. The van der Waals surface area contributed by atoms with E-state index in [-0.39, 0.29) is 5.57 Å². The second-order valence-corrected chi connectivity index (χ2v) is 9.61. The van der Waals surface area contributed by atoms with Gasteiger partial charge in [0.05, 0.1) is 41.1 Å². The maximum atomic E-state index is 14.2. The fourth-order valence-corrected chi connectivity index (χ4v) is 6.05. The molecule has 0 saturated heterocycles. The number of dihydropyridines is 1. The van der Waals surface area contributed by atoms with Gasteiger partial charge < -0.3 is 29.0 Å². The minimum Gasteiger partial charge on any atom is -0.493 e. The van der Waals surface area contributed by atoms with Crippen LogP contribution in [0.5, 0.6) is 17.2 Å². The van der Waals surface area contributed by atoms with E-state index < -0.39 is 35.5 Å². The van der Waals surface area contributed by atoms with E-state index in [1.54, 1.807) is 19.1 Å². The van der Waals surface area contributed by atoms with Crippen molar-refractivity contribution < 1.29 is 38.1 Å². The summed E-state index contributed by atoms with van der Waals surface area (Å²) in [6, 6.07) is 7.19. The molecular weight excluding hydrogens is 498 g/mol. The molecule has 0 unspecified atom stereocenters. The lowest BCUT2D eigenvalue weighted by Gasteiger charge is -2.39. The summed E-state index contributed by atoms with van der Waals surface area (Å²) < 4.78 is 26.7. The number of methoxy groups -OCH3 is 5. The Balaban J connectivity index is 1.97. The molecule has 0 spiro atoms. The molecule has 0 radical (unpaired) electrons. The zero-order chi connectivity index (χ0) is 26.9. The van der Waals surface area contributed by atoms with Crippen LogP contribution >= 0.6 is 11.3 Å². The molecule has 1 aromatic heterocycles. The van der Waals surface area contributed by atoms with Crippen molar-refractivity contribution in [2.45, 2.75) is 25.2 Å². The van der Waals surface area contributed by atoms with Crippen molar-refractivity contribution in [3.05, 3.63) is 62.6 Å². The van der Waals surface area contributed by atoms with E-state index >= 15 is 0 Å². The Morgan fingerprint density at radius 1 is 1.00 bits per heavy atom. The fraction of sp³-hybridized carbons (Fsp3) is 0.370. The molecule has 0 bridgehead atoms. The predicted molar refractivity (Wildman–Crippen MR) is 136 cm³/mol. The van der Waals surface area contributed by atoms with E-state index in [9.17, 15) is 14.4 Å². The predicted octanol–water partition coefficient (Wildman–Crippen LogP) is 3.71. The van der Waals surface area contributed by atoms with Crippen molar-refractivity contribution in [2.75, 3.05) is 35.5 Å². The van der Waals surface area contributed by atoms with Crippen molar-refractivity contribution in [3.63, 3.8) is 0 Å². The van der Waals surface area contributed by atoms with Crippen molar-refractivity contribution in [1.82, 2.24) is 5.32 Å². The van der Waals surface area contributed by atoms with E-state index in [1.165, 1.54) is 46.9 Å². The van der Waals surface area contributed by atoms with E-state index in [2.05, 4.69) is 5.32 Å². The SMILES string of the molecule is COC(=O)C1=C(C)NC2=C(C(=O)[C@H](C(=O)OC)[C@H](c3cccs3)C2)[C@H]1c1cc(OC)c(OC)c(OC)c1. The Kier molecular flexibility index (Phi) is 7.58. The monoisotopic (exact) mass is 527 g/mol. The molecule has 1 aliphatic carbocycles. The third-order valence-corrected chi connectivity index (χ3v) is 7.81. The van der Waals surface area contributed by atoms with Gasteiger partial charge in [0.15, 0.2) is 17.3 Å². The van der Waals surface area contributed by atoms with Crippen molar-refractivity contribution in [2.24, 2.45) is 5.92 Å². The lowest BCUT2D eigenvalue weighted by atomic mass is 9.68. The number of esters is 2. The van der Waals surface area contributed by atoms with Crippen molar-refractivity contribution in [3.8, 4) is 17.2 Å². The van der Waals surface area contributed by atoms with Crippen LogP contribution in [0.15, 0.2) is 52.2 Å². The fourth-order valence-electron chi connectivity index (χ4n) is 5.18. The first-order chi connectivity index (χ1) is 17.8. The quantitative estimate of drug-likeness (QED) is 0.426. The Morgan fingerprint density at radius 3 is 2.19 bits per heavy atom. The molecule has 0 saturated carbocycles. The summed E-state index contributed by atoms with van der Waals surface area (Å²) in [4.78, 5) is 41.1. The third-order valence-electron chi connectivity index (χ3n) is 6.81. The van der Waals surface area contributed by atoms with Crippen LogP contribution in [0.1, 0.15) is 35.6 Å². The number of carbonyl (C=O) groups is 3. The van der Waals surface area contributed by atoms with Gasteiger partial charge in [0, 0.05) is 33.7 Å². The molecule has 2 aliphatic rings. The molecule has 3 atom stereocenters. The van der Waals surface area contributed by atoms with Crippen LogP contribution in [0, 0.1) is 5.92 Å². The summed E-state index contributed by atoms with van der Waals surface area (Å²) in [6.45, 7) is 1.76. The number of thiophene rings is 1. The minimum absolute atomic E-state index is 0.252. The maximum Gasteiger partial charge on any atom is 0.336 e. The molecule has 2 heterocycles. The molecule has 196 valence electrons. The summed E-state index contributed by atoms with van der Waals surface area (Å²) in [5.41, 5.74) is 2.31. The highest BCUT2D eigenvalue weighted by Gasteiger charge is 2.49. The highest BCUT2D eigenvalue weighted by atomic mass is 32.1. The Hall–Kier alpha value is -3.79. The number of rotatable bonds is 7. The molecule has 0 amide bonds. The Labute approximate surface area is 219 Å². The number of nitrogens with one attached hydrogen (secondary N) is 1. The van der Waals surface area contributed by atoms with Gasteiger partial charge >= 0.3 is 11.9 Å². The van der Waals surface area contributed by atoms with E-state index in [4.69, 9.17) is 23.7 Å². The van der Waals surface area contributed by atoms with Crippen LogP contribution < -0.4 is 19.5 Å². The standard InChI is InChI=1S/C27H29NO8S/c1-13-20(26(30)35-5)21(14-10-17(32-2)25(34-4)18(11-14)33-3)23-16(28-13)12-15(19-8-7-9-37-19)22(24(23)29)27(31)36-6/h7-11,15,21-22,28H,12H2,1-6H3/t15-,21-,22+/m0/s1. The second-order valence-electron chi connectivity index (χ2n) is 8.63. The van der Waals surface area contributed by atoms with Crippen LogP contribution in [0.2, 0.25) is 0 Å². The number of Topliss-reactive ketones (excluding diaryl/α,β-unsaturated/α-hetero) is 1. The first-order valence-electron chi connectivity index (χ1n) is 11.6. The van der Waals surface area contributed by atoms with Gasteiger partial charge in [-0.25, -0.2) is 4.79 Å². The maximum absolute atomic E-state index is 14.2. The normalized spacial score (nSPS) is 21.1. The highest BCUT2D eigenvalue weighted by molar-refractivity contribution is 7.10. The van der Waals surface area contributed by atoms with Gasteiger partial charge in [-0.1, -0.05) is 6.07 Å². The van der Waals surface area contributed by atoms with Crippen LogP contribution in [0.3, 0.4) is 0 Å². The number of benzene rings is 1. The van der Waals surface area contributed by atoms with E-state index in [0.29, 0.717) is 46.2 Å². The summed E-state index contributed by atoms with van der Waals surface area (Å²) in [7, 11) is 7.02. The van der Waals surface area contributed by atoms with Crippen LogP contribution in [-0.2, 0) is 23.9 Å². The number of hydrogen-bond acceptors (Lipinski definition) is 10. The largest absolute Gasteiger partial charge is 0.493 e. The molecule has 1 aliphatic heterocycles.